The Labute approximate surface area is 140 Å². The SMILES string of the molecule is CCCCCc1ccc(C#Cc2ncc(CCCC)cn2)cc1. The topological polar surface area (TPSA) is 25.8 Å². The normalized spacial score (nSPS) is 10.2. The molecule has 2 nitrogen and oxygen atoms in total. The molecule has 1 aromatic carbocycles. The number of rotatable bonds is 7. The molecule has 1 aromatic heterocycles. The van der Waals surface area contributed by atoms with Gasteiger partial charge in [-0.3, -0.25) is 0 Å². The molecule has 0 fully saturated rings. The van der Waals surface area contributed by atoms with Gasteiger partial charge in [0.15, 0.2) is 0 Å². The first kappa shape index (κ1) is 17.2. The van der Waals surface area contributed by atoms with Crippen LogP contribution in [-0.2, 0) is 12.8 Å². The maximum Gasteiger partial charge on any atom is 0.205 e. The lowest BCUT2D eigenvalue weighted by Crippen LogP contribution is -1.93. The van der Waals surface area contributed by atoms with Crippen LogP contribution in [0.2, 0.25) is 0 Å². The molecule has 0 N–H and O–H groups in total. The first-order valence-electron chi connectivity index (χ1n) is 8.73. The third-order valence-electron chi connectivity index (χ3n) is 3.87. The van der Waals surface area contributed by atoms with Crippen LogP contribution in [0, 0.1) is 11.8 Å². The summed E-state index contributed by atoms with van der Waals surface area (Å²) in [6, 6.07) is 8.52. The van der Waals surface area contributed by atoms with Gasteiger partial charge in [-0.15, -0.1) is 0 Å². The summed E-state index contributed by atoms with van der Waals surface area (Å²) < 4.78 is 0. The minimum Gasteiger partial charge on any atom is -0.229 e. The van der Waals surface area contributed by atoms with Gasteiger partial charge in [0.05, 0.1) is 0 Å². The molecule has 23 heavy (non-hydrogen) atoms. The van der Waals surface area contributed by atoms with Gasteiger partial charge in [-0.1, -0.05) is 51.2 Å². The third-order valence-corrected chi connectivity index (χ3v) is 3.87. The van der Waals surface area contributed by atoms with Gasteiger partial charge >= 0.3 is 0 Å². The first-order chi connectivity index (χ1) is 11.3. The zero-order chi connectivity index (χ0) is 16.3. The summed E-state index contributed by atoms with van der Waals surface area (Å²) in [4.78, 5) is 8.66. The van der Waals surface area contributed by atoms with Crippen molar-refractivity contribution in [1.82, 2.24) is 9.97 Å². The van der Waals surface area contributed by atoms with Gasteiger partial charge in [0, 0.05) is 18.0 Å². The highest BCUT2D eigenvalue weighted by atomic mass is 14.8. The van der Waals surface area contributed by atoms with Crippen LogP contribution in [0.5, 0.6) is 0 Å². The molecule has 1 heterocycles. The third kappa shape index (κ3) is 6.24. The minimum atomic E-state index is 0.595. The molecule has 2 aromatic rings. The zero-order valence-electron chi connectivity index (χ0n) is 14.3. The molecule has 0 bridgehead atoms. The molecular formula is C21H26N2. The molecule has 0 unspecified atom stereocenters. The number of unbranched alkanes of at least 4 members (excludes halogenated alkanes) is 3. The van der Waals surface area contributed by atoms with E-state index in [4.69, 9.17) is 0 Å². The largest absolute Gasteiger partial charge is 0.229 e. The van der Waals surface area contributed by atoms with Crippen LogP contribution in [0.4, 0.5) is 0 Å². The van der Waals surface area contributed by atoms with Crippen molar-refractivity contribution in [2.45, 2.75) is 58.8 Å². The summed E-state index contributed by atoms with van der Waals surface area (Å²) in [5, 5.41) is 0. The molecule has 2 heteroatoms. The van der Waals surface area contributed by atoms with Crippen molar-refractivity contribution in [2.24, 2.45) is 0 Å². The Bertz CT molecular complexity index is 630. The highest BCUT2D eigenvalue weighted by Gasteiger charge is 1.96. The Morgan fingerprint density at radius 2 is 1.39 bits per heavy atom. The summed E-state index contributed by atoms with van der Waals surface area (Å²) in [6.07, 6.45) is 12.2. The quantitative estimate of drug-likeness (QED) is 0.534. The summed E-state index contributed by atoms with van der Waals surface area (Å²) >= 11 is 0. The zero-order valence-corrected chi connectivity index (χ0v) is 14.3. The van der Waals surface area contributed by atoms with E-state index < -0.39 is 0 Å². The van der Waals surface area contributed by atoms with E-state index >= 15 is 0 Å². The van der Waals surface area contributed by atoms with E-state index in [9.17, 15) is 0 Å². The van der Waals surface area contributed by atoms with Crippen LogP contribution in [-0.4, -0.2) is 9.97 Å². The van der Waals surface area contributed by atoms with Crippen LogP contribution < -0.4 is 0 Å². The fourth-order valence-corrected chi connectivity index (χ4v) is 2.39. The predicted molar refractivity (Wildman–Crippen MR) is 96.3 cm³/mol. The molecule has 0 aliphatic heterocycles. The monoisotopic (exact) mass is 306 g/mol. The number of aryl methyl sites for hydroxylation is 2. The van der Waals surface area contributed by atoms with E-state index in [1.54, 1.807) is 0 Å². The van der Waals surface area contributed by atoms with Crippen molar-refractivity contribution in [2.75, 3.05) is 0 Å². The van der Waals surface area contributed by atoms with Crippen molar-refractivity contribution >= 4 is 0 Å². The summed E-state index contributed by atoms with van der Waals surface area (Å²) in [5.74, 6) is 6.78. The second-order valence-electron chi connectivity index (χ2n) is 5.92. The van der Waals surface area contributed by atoms with E-state index in [1.165, 1.54) is 43.2 Å². The first-order valence-corrected chi connectivity index (χ1v) is 8.73. The van der Waals surface area contributed by atoms with Crippen LogP contribution >= 0.6 is 0 Å². The van der Waals surface area contributed by atoms with Gasteiger partial charge in [-0.25, -0.2) is 9.97 Å². The molecule has 0 saturated heterocycles. The average molecular weight is 306 g/mol. The molecular weight excluding hydrogens is 280 g/mol. The lowest BCUT2D eigenvalue weighted by atomic mass is 10.1. The second-order valence-corrected chi connectivity index (χ2v) is 5.92. The van der Waals surface area contributed by atoms with Gasteiger partial charge in [0.25, 0.3) is 0 Å². The highest BCUT2D eigenvalue weighted by Crippen LogP contribution is 2.08. The molecule has 2 rings (SSSR count). The lowest BCUT2D eigenvalue weighted by Gasteiger charge is -2.00. The molecule has 0 atom stereocenters. The summed E-state index contributed by atoms with van der Waals surface area (Å²) in [6.45, 7) is 4.42. The maximum atomic E-state index is 4.33. The van der Waals surface area contributed by atoms with E-state index in [0.29, 0.717) is 5.82 Å². The molecule has 120 valence electrons. The Morgan fingerprint density at radius 3 is 2.04 bits per heavy atom. The molecule has 0 spiro atoms. The van der Waals surface area contributed by atoms with Crippen LogP contribution in [0.15, 0.2) is 36.7 Å². The fourth-order valence-electron chi connectivity index (χ4n) is 2.39. The Kier molecular flexibility index (Phi) is 7.33. The molecule has 0 aliphatic rings. The smallest absolute Gasteiger partial charge is 0.205 e. The summed E-state index contributed by atoms with van der Waals surface area (Å²) in [5.41, 5.74) is 3.59. The summed E-state index contributed by atoms with van der Waals surface area (Å²) in [7, 11) is 0. The van der Waals surface area contributed by atoms with Crippen molar-refractivity contribution in [3.8, 4) is 11.8 Å². The number of nitrogens with zero attached hydrogens (tertiary/aromatic N) is 2. The highest BCUT2D eigenvalue weighted by molar-refractivity contribution is 5.39. The Balaban J connectivity index is 1.93. The fraction of sp³-hybridized carbons (Fsp3) is 0.429. The van der Waals surface area contributed by atoms with Crippen LogP contribution in [0.1, 0.15) is 68.5 Å². The number of aromatic nitrogens is 2. The van der Waals surface area contributed by atoms with Crippen molar-refractivity contribution in [3.63, 3.8) is 0 Å². The second kappa shape index (κ2) is 9.79. The van der Waals surface area contributed by atoms with E-state index in [1.807, 2.05) is 12.4 Å². The predicted octanol–water partition coefficient (Wildman–Crippen LogP) is 4.95. The van der Waals surface area contributed by atoms with E-state index in [2.05, 4.69) is 59.9 Å². The van der Waals surface area contributed by atoms with Crippen molar-refractivity contribution < 1.29 is 0 Å². The van der Waals surface area contributed by atoms with Crippen molar-refractivity contribution in [1.29, 1.82) is 0 Å². The van der Waals surface area contributed by atoms with Gasteiger partial charge < -0.3 is 0 Å². The van der Waals surface area contributed by atoms with Crippen molar-refractivity contribution in [3.05, 3.63) is 59.2 Å². The van der Waals surface area contributed by atoms with Crippen LogP contribution in [0.3, 0.4) is 0 Å². The molecule has 0 amide bonds. The van der Waals surface area contributed by atoms with Crippen LogP contribution in [0.25, 0.3) is 0 Å². The lowest BCUT2D eigenvalue weighted by molar-refractivity contribution is 0.717. The number of benzene rings is 1. The average Bonchev–Trinajstić information content (AvgIpc) is 2.60. The van der Waals surface area contributed by atoms with Gasteiger partial charge in [-0.05, 0) is 54.9 Å². The molecule has 0 radical (unpaired) electrons. The van der Waals surface area contributed by atoms with E-state index in [-0.39, 0.29) is 0 Å². The number of hydrogen-bond acceptors (Lipinski definition) is 2. The van der Waals surface area contributed by atoms with E-state index in [0.717, 1.165) is 18.4 Å². The Morgan fingerprint density at radius 1 is 0.739 bits per heavy atom. The number of hydrogen-bond donors (Lipinski definition) is 0. The standard InChI is InChI=1S/C21H26N2/c1-3-5-7-9-18-10-12-19(13-11-18)14-15-21-22-16-20(17-23-21)8-6-4-2/h10-13,16-17H,3-9H2,1-2H3. The van der Waals surface area contributed by atoms with Gasteiger partial charge in [0.2, 0.25) is 5.82 Å². The minimum absolute atomic E-state index is 0.595. The Hall–Kier alpha value is -2.14. The molecule has 0 aliphatic carbocycles. The molecule has 0 saturated carbocycles. The van der Waals surface area contributed by atoms with Gasteiger partial charge in [0.1, 0.15) is 0 Å². The maximum absolute atomic E-state index is 4.33. The van der Waals surface area contributed by atoms with Gasteiger partial charge in [-0.2, -0.15) is 0 Å².